The van der Waals surface area contributed by atoms with Crippen molar-refractivity contribution in [2.24, 2.45) is 0 Å². The summed E-state index contributed by atoms with van der Waals surface area (Å²) in [6.07, 6.45) is 6.68. The van der Waals surface area contributed by atoms with Gasteiger partial charge in [-0.3, -0.25) is 10.1 Å². The van der Waals surface area contributed by atoms with E-state index in [2.05, 4.69) is 20.6 Å². The van der Waals surface area contributed by atoms with E-state index >= 15 is 0 Å². The fourth-order valence-corrected chi connectivity index (χ4v) is 3.36. The van der Waals surface area contributed by atoms with Gasteiger partial charge in [0, 0.05) is 11.1 Å². The average molecular weight is 382 g/mol. The summed E-state index contributed by atoms with van der Waals surface area (Å²) in [5.74, 6) is 0.307. The molecule has 7 nitrogen and oxygen atoms in total. The first kappa shape index (κ1) is 17.7. The van der Waals surface area contributed by atoms with Gasteiger partial charge in [-0.25, -0.2) is 9.97 Å². The van der Waals surface area contributed by atoms with Crippen molar-refractivity contribution >= 4 is 46.2 Å². The minimum absolute atomic E-state index is 0.0857. The molecule has 0 aliphatic heterocycles. The predicted molar refractivity (Wildman–Crippen MR) is 98.9 cm³/mol. The van der Waals surface area contributed by atoms with Crippen LogP contribution in [-0.2, 0) is 0 Å². The molecule has 0 unspecified atom stereocenters. The maximum Gasteiger partial charge on any atom is 0.353 e. The maximum atomic E-state index is 11.6. The van der Waals surface area contributed by atoms with E-state index in [1.54, 1.807) is 18.2 Å². The third kappa shape index (κ3) is 4.29. The Hall–Kier alpha value is -2.12. The van der Waals surface area contributed by atoms with E-state index in [4.69, 9.17) is 23.2 Å². The molecule has 0 atom stereocenters. The van der Waals surface area contributed by atoms with E-state index in [1.807, 2.05) is 0 Å². The molecule has 3 rings (SSSR count). The van der Waals surface area contributed by atoms with Crippen molar-refractivity contribution in [2.75, 3.05) is 10.6 Å². The summed E-state index contributed by atoms with van der Waals surface area (Å²) < 4.78 is 0. The van der Waals surface area contributed by atoms with Crippen molar-refractivity contribution in [2.45, 2.75) is 38.1 Å². The monoisotopic (exact) mass is 381 g/mol. The molecule has 0 bridgehead atoms. The molecule has 25 heavy (non-hydrogen) atoms. The van der Waals surface area contributed by atoms with E-state index < -0.39 is 4.92 Å². The molecule has 1 aromatic heterocycles. The highest BCUT2D eigenvalue weighted by molar-refractivity contribution is 6.36. The molecule has 0 radical (unpaired) electrons. The van der Waals surface area contributed by atoms with E-state index in [-0.39, 0.29) is 23.4 Å². The van der Waals surface area contributed by atoms with Gasteiger partial charge < -0.3 is 10.6 Å². The molecule has 0 saturated heterocycles. The highest BCUT2D eigenvalue weighted by Crippen LogP contribution is 2.35. The molecule has 9 heteroatoms. The number of anilines is 3. The van der Waals surface area contributed by atoms with Gasteiger partial charge in [0.05, 0.1) is 15.6 Å². The van der Waals surface area contributed by atoms with Crippen LogP contribution in [0.25, 0.3) is 0 Å². The van der Waals surface area contributed by atoms with Gasteiger partial charge in [0.25, 0.3) is 0 Å². The lowest BCUT2D eigenvalue weighted by molar-refractivity contribution is -0.383. The molecule has 1 heterocycles. The number of nitro groups is 1. The Morgan fingerprint density at radius 1 is 1.12 bits per heavy atom. The van der Waals surface area contributed by atoms with Gasteiger partial charge in [0.2, 0.25) is 11.6 Å². The number of aromatic nitrogens is 2. The number of nitrogens with zero attached hydrogens (tertiary/aromatic N) is 3. The van der Waals surface area contributed by atoms with Crippen LogP contribution < -0.4 is 10.6 Å². The molecule has 1 fully saturated rings. The molecule has 2 aromatic rings. The second kappa shape index (κ2) is 7.84. The van der Waals surface area contributed by atoms with Crippen LogP contribution in [0.2, 0.25) is 10.0 Å². The second-order valence-electron chi connectivity index (χ2n) is 5.91. The van der Waals surface area contributed by atoms with Crippen molar-refractivity contribution in [3.63, 3.8) is 0 Å². The highest BCUT2D eigenvalue weighted by Gasteiger charge is 2.26. The molecular formula is C16H17Cl2N5O2. The first-order valence-corrected chi connectivity index (χ1v) is 8.78. The molecule has 1 saturated carbocycles. The smallest absolute Gasteiger partial charge is 0.353 e. The Morgan fingerprint density at radius 3 is 2.52 bits per heavy atom. The van der Waals surface area contributed by atoms with Crippen molar-refractivity contribution in [1.82, 2.24) is 9.97 Å². The van der Waals surface area contributed by atoms with Gasteiger partial charge >= 0.3 is 5.69 Å². The summed E-state index contributed by atoms with van der Waals surface area (Å²) in [5, 5.41) is 18.5. The summed E-state index contributed by atoms with van der Waals surface area (Å²) in [6, 6.07) is 5.03. The summed E-state index contributed by atoms with van der Waals surface area (Å²) in [7, 11) is 0. The van der Waals surface area contributed by atoms with Crippen molar-refractivity contribution in [3.05, 3.63) is 44.7 Å². The first-order valence-electron chi connectivity index (χ1n) is 8.02. The van der Waals surface area contributed by atoms with Gasteiger partial charge in [-0.05, 0) is 31.0 Å². The molecule has 2 N–H and O–H groups in total. The standard InChI is InChI=1S/C16H17Cl2N5O2/c17-10-6-7-13(12(18)8-10)22-16-14(23(24)25)15(19-9-20-16)21-11-4-2-1-3-5-11/h6-9,11H,1-5H2,(H2,19,20,21,22). The Labute approximate surface area is 154 Å². The topological polar surface area (TPSA) is 93.0 Å². The number of rotatable bonds is 5. The number of hydrogen-bond donors (Lipinski definition) is 2. The molecule has 1 aromatic carbocycles. The zero-order chi connectivity index (χ0) is 17.8. The third-order valence-electron chi connectivity index (χ3n) is 4.14. The Balaban J connectivity index is 1.90. The predicted octanol–water partition coefficient (Wildman–Crippen LogP) is 5.18. The molecule has 1 aliphatic carbocycles. The molecule has 132 valence electrons. The minimum atomic E-state index is -0.489. The van der Waals surface area contributed by atoms with Gasteiger partial charge in [0.15, 0.2) is 0 Å². The van der Waals surface area contributed by atoms with Crippen LogP contribution in [0.5, 0.6) is 0 Å². The van der Waals surface area contributed by atoms with Gasteiger partial charge in [-0.1, -0.05) is 42.5 Å². The molecule has 1 aliphatic rings. The lowest BCUT2D eigenvalue weighted by Gasteiger charge is -2.23. The molecule has 0 spiro atoms. The van der Waals surface area contributed by atoms with Crippen molar-refractivity contribution in [3.8, 4) is 0 Å². The van der Waals surface area contributed by atoms with Crippen LogP contribution in [0.4, 0.5) is 23.0 Å². The number of halogens is 2. The van der Waals surface area contributed by atoms with E-state index in [1.165, 1.54) is 12.7 Å². The van der Waals surface area contributed by atoms with E-state index in [9.17, 15) is 10.1 Å². The number of hydrogen-bond acceptors (Lipinski definition) is 6. The van der Waals surface area contributed by atoms with E-state index in [0.717, 1.165) is 25.7 Å². The Kier molecular flexibility index (Phi) is 5.55. The number of nitrogens with one attached hydrogen (secondary N) is 2. The van der Waals surface area contributed by atoms with Crippen LogP contribution in [0.1, 0.15) is 32.1 Å². The van der Waals surface area contributed by atoms with Gasteiger partial charge in [-0.15, -0.1) is 0 Å². The average Bonchev–Trinajstić information content (AvgIpc) is 2.58. The zero-order valence-corrected chi connectivity index (χ0v) is 14.8. The van der Waals surface area contributed by atoms with Crippen molar-refractivity contribution < 1.29 is 4.92 Å². The summed E-state index contributed by atoms with van der Waals surface area (Å²) >= 11 is 12.0. The fraction of sp³-hybridized carbons (Fsp3) is 0.375. The first-order chi connectivity index (χ1) is 12.0. The second-order valence-corrected chi connectivity index (χ2v) is 6.75. The van der Waals surface area contributed by atoms with Crippen molar-refractivity contribution in [1.29, 1.82) is 0 Å². The van der Waals surface area contributed by atoms with Crippen LogP contribution in [0, 0.1) is 10.1 Å². The molecule has 0 amide bonds. The van der Waals surface area contributed by atoms with Gasteiger partial charge in [0.1, 0.15) is 6.33 Å². The Bertz CT molecular complexity index is 781. The van der Waals surface area contributed by atoms with Crippen LogP contribution in [-0.4, -0.2) is 20.9 Å². The molecular weight excluding hydrogens is 365 g/mol. The summed E-state index contributed by atoms with van der Waals surface area (Å²) in [4.78, 5) is 19.2. The highest BCUT2D eigenvalue weighted by atomic mass is 35.5. The lowest BCUT2D eigenvalue weighted by Crippen LogP contribution is -2.23. The quantitative estimate of drug-likeness (QED) is 0.547. The third-order valence-corrected chi connectivity index (χ3v) is 4.68. The van der Waals surface area contributed by atoms with Crippen LogP contribution in [0.15, 0.2) is 24.5 Å². The normalized spacial score (nSPS) is 15.0. The van der Waals surface area contributed by atoms with Gasteiger partial charge in [-0.2, -0.15) is 0 Å². The summed E-state index contributed by atoms with van der Waals surface area (Å²) in [5.41, 5.74) is 0.288. The minimum Gasteiger partial charge on any atom is -0.361 e. The summed E-state index contributed by atoms with van der Waals surface area (Å²) in [6.45, 7) is 0. The van der Waals surface area contributed by atoms with Crippen LogP contribution in [0.3, 0.4) is 0 Å². The lowest BCUT2D eigenvalue weighted by atomic mass is 9.95. The zero-order valence-electron chi connectivity index (χ0n) is 13.3. The maximum absolute atomic E-state index is 11.6. The van der Waals surface area contributed by atoms with E-state index in [0.29, 0.717) is 15.7 Å². The van der Waals surface area contributed by atoms with Crippen LogP contribution >= 0.6 is 23.2 Å². The largest absolute Gasteiger partial charge is 0.361 e. The SMILES string of the molecule is O=[N+]([O-])c1c(Nc2ccc(Cl)cc2Cl)ncnc1NC1CCCCC1. The Morgan fingerprint density at radius 2 is 1.84 bits per heavy atom. The fourth-order valence-electron chi connectivity index (χ4n) is 2.91. The number of benzene rings is 1.